The summed E-state index contributed by atoms with van der Waals surface area (Å²) < 4.78 is 6.64. The van der Waals surface area contributed by atoms with Gasteiger partial charge in [0, 0.05) is 31.0 Å². The predicted molar refractivity (Wildman–Crippen MR) is 82.5 cm³/mol. The first-order valence-electron chi connectivity index (χ1n) is 7.21. The first kappa shape index (κ1) is 14.5. The number of amides is 1. The molecule has 1 amide bonds. The molecule has 0 aliphatic carbocycles. The number of nitrogens with one attached hydrogen (secondary N) is 1. The number of hydrogen-bond acceptors (Lipinski definition) is 4. The minimum Gasteiger partial charge on any atom is -0.368 e. The highest BCUT2D eigenvalue weighted by atomic mass is 16.5. The molecule has 22 heavy (non-hydrogen) atoms. The molecule has 2 aromatic rings. The second-order valence-corrected chi connectivity index (χ2v) is 5.25. The third kappa shape index (κ3) is 3.07. The van der Waals surface area contributed by atoms with E-state index in [1.54, 1.807) is 13.1 Å². The van der Waals surface area contributed by atoms with E-state index in [2.05, 4.69) is 10.4 Å². The van der Waals surface area contributed by atoms with Gasteiger partial charge in [0.1, 0.15) is 6.10 Å². The molecule has 0 saturated carbocycles. The van der Waals surface area contributed by atoms with Crippen molar-refractivity contribution in [3.05, 3.63) is 46.8 Å². The summed E-state index contributed by atoms with van der Waals surface area (Å²) >= 11 is 0. The van der Waals surface area contributed by atoms with Gasteiger partial charge in [0.05, 0.1) is 5.69 Å². The second-order valence-electron chi connectivity index (χ2n) is 5.25. The van der Waals surface area contributed by atoms with Crippen LogP contribution in [0.4, 0.5) is 5.69 Å². The van der Waals surface area contributed by atoms with Gasteiger partial charge in [0.2, 0.25) is 0 Å². The summed E-state index contributed by atoms with van der Waals surface area (Å²) in [4.78, 5) is 23.3. The molecule has 1 aromatic carbocycles. The number of hydrogen-bond donors (Lipinski definition) is 1. The van der Waals surface area contributed by atoms with Crippen LogP contribution in [0.15, 0.2) is 41.2 Å². The number of carbonyl (C=O) groups is 1. The maximum Gasteiger partial charge on any atom is 0.266 e. The van der Waals surface area contributed by atoms with E-state index in [-0.39, 0.29) is 17.6 Å². The molecule has 6 heteroatoms. The molecule has 0 spiro atoms. The number of ether oxygens (including phenoxy) is 1. The molecule has 114 valence electrons. The summed E-state index contributed by atoms with van der Waals surface area (Å²) in [6.45, 7) is 0.648. The summed E-state index contributed by atoms with van der Waals surface area (Å²) in [5, 5.41) is 7.04. The van der Waals surface area contributed by atoms with Crippen molar-refractivity contribution in [2.75, 3.05) is 11.9 Å². The molecule has 1 unspecified atom stereocenters. The van der Waals surface area contributed by atoms with Crippen molar-refractivity contribution in [3.8, 4) is 11.3 Å². The van der Waals surface area contributed by atoms with Crippen LogP contribution in [0.2, 0.25) is 0 Å². The van der Waals surface area contributed by atoms with Crippen LogP contribution in [0.1, 0.15) is 12.8 Å². The van der Waals surface area contributed by atoms with Crippen molar-refractivity contribution in [1.29, 1.82) is 0 Å². The van der Waals surface area contributed by atoms with Crippen LogP contribution in [0.3, 0.4) is 0 Å². The molecule has 1 atom stereocenters. The van der Waals surface area contributed by atoms with Gasteiger partial charge in [0.25, 0.3) is 11.5 Å². The Morgan fingerprint density at radius 1 is 1.27 bits per heavy atom. The molecule has 1 aromatic heterocycles. The Bertz CT molecular complexity index is 731. The van der Waals surface area contributed by atoms with Crippen LogP contribution in [0.5, 0.6) is 0 Å². The molecule has 0 radical (unpaired) electrons. The Morgan fingerprint density at radius 3 is 2.68 bits per heavy atom. The normalized spacial score (nSPS) is 17.4. The fourth-order valence-electron chi connectivity index (χ4n) is 2.39. The number of carbonyl (C=O) groups excluding carboxylic acids is 1. The van der Waals surface area contributed by atoms with Gasteiger partial charge in [-0.25, -0.2) is 4.68 Å². The topological polar surface area (TPSA) is 73.2 Å². The van der Waals surface area contributed by atoms with E-state index in [0.717, 1.165) is 18.4 Å². The fraction of sp³-hybridized carbons (Fsp3) is 0.312. The highest BCUT2D eigenvalue weighted by Crippen LogP contribution is 2.20. The second kappa shape index (κ2) is 6.11. The van der Waals surface area contributed by atoms with Gasteiger partial charge < -0.3 is 10.1 Å². The first-order valence-corrected chi connectivity index (χ1v) is 7.21. The van der Waals surface area contributed by atoms with E-state index in [4.69, 9.17) is 4.74 Å². The van der Waals surface area contributed by atoms with Crippen molar-refractivity contribution in [1.82, 2.24) is 9.78 Å². The van der Waals surface area contributed by atoms with E-state index in [9.17, 15) is 9.59 Å². The van der Waals surface area contributed by atoms with Crippen LogP contribution in [-0.2, 0) is 16.6 Å². The molecular weight excluding hydrogens is 282 g/mol. The average molecular weight is 299 g/mol. The van der Waals surface area contributed by atoms with Crippen molar-refractivity contribution in [3.63, 3.8) is 0 Å². The summed E-state index contributed by atoms with van der Waals surface area (Å²) in [5.74, 6) is -0.106. The van der Waals surface area contributed by atoms with Crippen molar-refractivity contribution < 1.29 is 9.53 Å². The van der Waals surface area contributed by atoms with Crippen LogP contribution < -0.4 is 10.9 Å². The average Bonchev–Trinajstić information content (AvgIpc) is 3.05. The van der Waals surface area contributed by atoms with E-state index in [1.807, 2.05) is 24.3 Å². The summed E-state index contributed by atoms with van der Waals surface area (Å²) in [7, 11) is 1.61. The van der Waals surface area contributed by atoms with Crippen LogP contribution in [0.25, 0.3) is 11.3 Å². The number of nitrogens with zero attached hydrogens (tertiary/aromatic N) is 2. The standard InChI is InChI=1S/C16H17N3O3/c1-19-15(20)9-8-13(18-19)11-4-6-12(7-5-11)17-16(21)14-3-2-10-22-14/h4-9,14H,2-3,10H2,1H3,(H,17,21). The maximum atomic E-state index is 12.0. The summed E-state index contributed by atoms with van der Waals surface area (Å²) in [6, 6.07) is 10.5. The molecule has 1 saturated heterocycles. The molecule has 3 rings (SSSR count). The van der Waals surface area contributed by atoms with Crippen LogP contribution >= 0.6 is 0 Å². The van der Waals surface area contributed by atoms with E-state index >= 15 is 0 Å². The van der Waals surface area contributed by atoms with E-state index in [0.29, 0.717) is 18.0 Å². The number of aryl methyl sites for hydroxylation is 1. The lowest BCUT2D eigenvalue weighted by atomic mass is 10.1. The number of aromatic nitrogens is 2. The highest BCUT2D eigenvalue weighted by Gasteiger charge is 2.23. The zero-order chi connectivity index (χ0) is 15.5. The van der Waals surface area contributed by atoms with Crippen molar-refractivity contribution in [2.24, 2.45) is 7.05 Å². The Kier molecular flexibility index (Phi) is 4.02. The Morgan fingerprint density at radius 2 is 2.05 bits per heavy atom. The zero-order valence-corrected chi connectivity index (χ0v) is 12.3. The Hall–Kier alpha value is -2.47. The smallest absolute Gasteiger partial charge is 0.266 e. The van der Waals surface area contributed by atoms with Gasteiger partial charge in [0.15, 0.2) is 0 Å². The number of benzene rings is 1. The maximum absolute atomic E-state index is 12.0. The molecule has 1 N–H and O–H groups in total. The van der Waals surface area contributed by atoms with Gasteiger partial charge in [-0.1, -0.05) is 12.1 Å². The zero-order valence-electron chi connectivity index (χ0n) is 12.3. The minimum absolute atomic E-state index is 0.106. The third-order valence-electron chi connectivity index (χ3n) is 3.63. The third-order valence-corrected chi connectivity index (χ3v) is 3.63. The van der Waals surface area contributed by atoms with Gasteiger partial charge in [-0.05, 0) is 31.0 Å². The van der Waals surface area contributed by atoms with E-state index in [1.165, 1.54) is 10.7 Å². The molecular formula is C16H17N3O3. The van der Waals surface area contributed by atoms with Gasteiger partial charge >= 0.3 is 0 Å². The Balaban J connectivity index is 1.73. The number of rotatable bonds is 3. The lowest BCUT2D eigenvalue weighted by molar-refractivity contribution is -0.124. The highest BCUT2D eigenvalue weighted by molar-refractivity contribution is 5.94. The monoisotopic (exact) mass is 299 g/mol. The lowest BCUT2D eigenvalue weighted by Gasteiger charge is -2.11. The lowest BCUT2D eigenvalue weighted by Crippen LogP contribution is -2.26. The predicted octanol–water partition coefficient (Wildman–Crippen LogP) is 1.56. The molecule has 1 aliphatic heterocycles. The van der Waals surface area contributed by atoms with Crippen molar-refractivity contribution in [2.45, 2.75) is 18.9 Å². The van der Waals surface area contributed by atoms with Gasteiger partial charge in [-0.2, -0.15) is 5.10 Å². The Labute approximate surface area is 127 Å². The number of anilines is 1. The quantitative estimate of drug-likeness (QED) is 0.933. The van der Waals surface area contributed by atoms with Crippen molar-refractivity contribution >= 4 is 11.6 Å². The first-order chi connectivity index (χ1) is 10.6. The van der Waals surface area contributed by atoms with E-state index < -0.39 is 0 Å². The molecule has 6 nitrogen and oxygen atoms in total. The van der Waals surface area contributed by atoms with Crippen LogP contribution in [-0.4, -0.2) is 28.4 Å². The molecule has 1 aliphatic rings. The van der Waals surface area contributed by atoms with Gasteiger partial charge in [-0.15, -0.1) is 0 Å². The van der Waals surface area contributed by atoms with Crippen LogP contribution in [0, 0.1) is 0 Å². The molecule has 2 heterocycles. The largest absolute Gasteiger partial charge is 0.368 e. The summed E-state index contributed by atoms with van der Waals surface area (Å²) in [6.07, 6.45) is 1.35. The SMILES string of the molecule is Cn1nc(-c2ccc(NC(=O)C3CCCO3)cc2)ccc1=O. The molecule has 0 bridgehead atoms. The summed E-state index contributed by atoms with van der Waals surface area (Å²) in [5.41, 5.74) is 2.16. The minimum atomic E-state index is -0.343. The van der Waals surface area contributed by atoms with Gasteiger partial charge in [-0.3, -0.25) is 9.59 Å². The fourth-order valence-corrected chi connectivity index (χ4v) is 2.39. The molecule has 1 fully saturated rings.